The molecule has 5 heteroatoms. The summed E-state index contributed by atoms with van der Waals surface area (Å²) in [6.07, 6.45) is -0.189. The van der Waals surface area contributed by atoms with Crippen LogP contribution >= 0.6 is 0 Å². The molecule has 0 aliphatic heterocycles. The molecule has 0 unspecified atom stereocenters. The highest BCUT2D eigenvalue weighted by atomic mass is 16.2. The van der Waals surface area contributed by atoms with E-state index >= 15 is 0 Å². The van der Waals surface area contributed by atoms with Crippen LogP contribution in [0.5, 0.6) is 0 Å². The Balaban J connectivity index is 2.09. The molecule has 0 aromatic heterocycles. The summed E-state index contributed by atoms with van der Waals surface area (Å²) >= 11 is 0. The van der Waals surface area contributed by atoms with E-state index in [0.717, 1.165) is 5.56 Å². The summed E-state index contributed by atoms with van der Waals surface area (Å²) in [4.78, 5) is 23.5. The Morgan fingerprint density at radius 3 is 2.45 bits per heavy atom. The van der Waals surface area contributed by atoms with Crippen LogP contribution in [-0.4, -0.2) is 11.8 Å². The molecule has 0 aliphatic carbocycles. The van der Waals surface area contributed by atoms with Crippen LogP contribution in [0.2, 0.25) is 0 Å². The Bertz CT molecular complexity index is 733. The summed E-state index contributed by atoms with van der Waals surface area (Å²) in [6.45, 7) is 1.83. The van der Waals surface area contributed by atoms with Crippen molar-refractivity contribution in [1.82, 2.24) is 0 Å². The molecule has 0 saturated carbocycles. The molecule has 0 atom stereocenters. The number of hydrogen-bond donors (Lipinski definition) is 2. The molecule has 2 N–H and O–H groups in total. The lowest BCUT2D eigenvalue weighted by Crippen LogP contribution is -2.13. The average molecular weight is 293 g/mol. The zero-order chi connectivity index (χ0) is 15.9. The van der Waals surface area contributed by atoms with Crippen molar-refractivity contribution < 1.29 is 9.59 Å². The number of nitrogens with one attached hydrogen (secondary N) is 2. The lowest BCUT2D eigenvalue weighted by molar-refractivity contribution is -0.115. The first-order chi connectivity index (χ1) is 10.6. The maximum absolute atomic E-state index is 12.1. The van der Waals surface area contributed by atoms with Gasteiger partial charge in [0.2, 0.25) is 5.91 Å². The summed E-state index contributed by atoms with van der Waals surface area (Å²) < 4.78 is 0. The van der Waals surface area contributed by atoms with Gasteiger partial charge < -0.3 is 10.6 Å². The standard InChI is InChI=1S/C17H15N3O2/c1-12-11-14(19-16(21)9-10-18)7-8-15(12)20-17(22)13-5-3-2-4-6-13/h2-8,11H,9H2,1H3,(H,19,21)(H,20,22). The maximum Gasteiger partial charge on any atom is 0.255 e. The van der Waals surface area contributed by atoms with Crippen molar-refractivity contribution in [3.05, 3.63) is 59.7 Å². The van der Waals surface area contributed by atoms with E-state index in [1.807, 2.05) is 13.0 Å². The molecule has 0 fully saturated rings. The predicted molar refractivity (Wildman–Crippen MR) is 84.4 cm³/mol. The van der Waals surface area contributed by atoms with Crippen LogP contribution in [-0.2, 0) is 4.79 Å². The van der Waals surface area contributed by atoms with E-state index in [2.05, 4.69) is 10.6 Å². The van der Waals surface area contributed by atoms with Crippen LogP contribution in [0.3, 0.4) is 0 Å². The molecule has 0 saturated heterocycles. The number of nitriles is 1. The van der Waals surface area contributed by atoms with Crippen LogP contribution in [0, 0.1) is 18.3 Å². The van der Waals surface area contributed by atoms with Crippen LogP contribution in [0.25, 0.3) is 0 Å². The monoisotopic (exact) mass is 293 g/mol. The Labute approximate surface area is 128 Å². The van der Waals surface area contributed by atoms with Crippen LogP contribution in [0.15, 0.2) is 48.5 Å². The first kappa shape index (κ1) is 15.3. The lowest BCUT2D eigenvalue weighted by Gasteiger charge is -2.11. The van der Waals surface area contributed by atoms with Gasteiger partial charge in [-0.2, -0.15) is 5.26 Å². The minimum Gasteiger partial charge on any atom is -0.325 e. The Hall–Kier alpha value is -3.13. The van der Waals surface area contributed by atoms with Gasteiger partial charge in [-0.3, -0.25) is 9.59 Å². The summed E-state index contributed by atoms with van der Waals surface area (Å²) in [6, 6.07) is 15.9. The van der Waals surface area contributed by atoms with E-state index in [-0.39, 0.29) is 18.2 Å². The summed E-state index contributed by atoms with van der Waals surface area (Å²) in [5.74, 6) is -0.548. The molecule has 22 heavy (non-hydrogen) atoms. The van der Waals surface area contributed by atoms with Crippen molar-refractivity contribution in [3.63, 3.8) is 0 Å². The van der Waals surface area contributed by atoms with Crippen LogP contribution in [0.1, 0.15) is 22.3 Å². The summed E-state index contributed by atoms with van der Waals surface area (Å²) in [5, 5.41) is 13.9. The second-order valence-corrected chi connectivity index (χ2v) is 4.73. The van der Waals surface area contributed by atoms with Gasteiger partial charge in [-0.25, -0.2) is 0 Å². The molecular weight excluding hydrogens is 278 g/mol. The summed E-state index contributed by atoms with van der Waals surface area (Å²) in [7, 11) is 0. The minimum absolute atomic E-state index is 0.189. The number of nitrogens with zero attached hydrogens (tertiary/aromatic N) is 1. The quantitative estimate of drug-likeness (QED) is 0.908. The van der Waals surface area contributed by atoms with Crippen molar-refractivity contribution in [1.29, 1.82) is 5.26 Å². The lowest BCUT2D eigenvalue weighted by atomic mass is 10.1. The fraction of sp³-hybridized carbons (Fsp3) is 0.118. The second kappa shape index (κ2) is 7.04. The highest BCUT2D eigenvalue weighted by Crippen LogP contribution is 2.20. The highest BCUT2D eigenvalue weighted by molar-refractivity contribution is 6.04. The fourth-order valence-electron chi connectivity index (χ4n) is 1.94. The topological polar surface area (TPSA) is 82.0 Å². The van der Waals surface area contributed by atoms with E-state index in [0.29, 0.717) is 16.9 Å². The van der Waals surface area contributed by atoms with E-state index in [1.165, 1.54) is 0 Å². The fourth-order valence-corrected chi connectivity index (χ4v) is 1.94. The second-order valence-electron chi connectivity index (χ2n) is 4.73. The molecular formula is C17H15N3O2. The predicted octanol–water partition coefficient (Wildman–Crippen LogP) is 3.10. The van der Waals surface area contributed by atoms with Gasteiger partial charge in [-0.15, -0.1) is 0 Å². The third-order valence-corrected chi connectivity index (χ3v) is 3.03. The van der Waals surface area contributed by atoms with Gasteiger partial charge in [0.15, 0.2) is 0 Å². The van der Waals surface area contributed by atoms with Gasteiger partial charge in [-0.05, 0) is 42.8 Å². The third-order valence-electron chi connectivity index (χ3n) is 3.03. The molecule has 0 aliphatic rings. The average Bonchev–Trinajstić information content (AvgIpc) is 2.51. The van der Waals surface area contributed by atoms with Gasteiger partial charge in [0.05, 0.1) is 6.07 Å². The zero-order valence-corrected chi connectivity index (χ0v) is 12.1. The first-order valence-electron chi connectivity index (χ1n) is 6.74. The van der Waals surface area contributed by atoms with Gasteiger partial charge in [0.1, 0.15) is 6.42 Å². The minimum atomic E-state index is -0.358. The molecule has 2 rings (SSSR count). The molecule has 2 aromatic rings. The summed E-state index contributed by atoms with van der Waals surface area (Å²) in [5.41, 5.74) is 2.66. The van der Waals surface area contributed by atoms with Crippen LogP contribution in [0.4, 0.5) is 11.4 Å². The van der Waals surface area contributed by atoms with Gasteiger partial charge in [0, 0.05) is 16.9 Å². The molecule has 2 amide bonds. The molecule has 0 heterocycles. The number of hydrogen-bond acceptors (Lipinski definition) is 3. The SMILES string of the molecule is Cc1cc(NC(=O)CC#N)ccc1NC(=O)c1ccccc1. The molecule has 5 nitrogen and oxygen atoms in total. The first-order valence-corrected chi connectivity index (χ1v) is 6.74. The van der Waals surface area contributed by atoms with E-state index in [1.54, 1.807) is 48.5 Å². The van der Waals surface area contributed by atoms with Crippen molar-refractivity contribution in [2.75, 3.05) is 10.6 Å². The van der Waals surface area contributed by atoms with Crippen molar-refractivity contribution in [2.24, 2.45) is 0 Å². The number of amides is 2. The molecule has 0 radical (unpaired) electrons. The largest absolute Gasteiger partial charge is 0.325 e. The number of carbonyl (C=O) groups excluding carboxylic acids is 2. The Kier molecular flexibility index (Phi) is 4.89. The van der Waals surface area contributed by atoms with E-state index < -0.39 is 0 Å². The number of benzene rings is 2. The van der Waals surface area contributed by atoms with Crippen molar-refractivity contribution >= 4 is 23.2 Å². The third kappa shape index (κ3) is 3.93. The number of carbonyl (C=O) groups is 2. The van der Waals surface area contributed by atoms with Crippen LogP contribution < -0.4 is 10.6 Å². The van der Waals surface area contributed by atoms with Crippen molar-refractivity contribution in [3.8, 4) is 6.07 Å². The number of rotatable bonds is 4. The zero-order valence-electron chi connectivity index (χ0n) is 12.1. The molecule has 2 aromatic carbocycles. The van der Waals surface area contributed by atoms with Gasteiger partial charge >= 0.3 is 0 Å². The molecule has 0 bridgehead atoms. The highest BCUT2D eigenvalue weighted by Gasteiger charge is 2.08. The Morgan fingerprint density at radius 2 is 1.82 bits per heavy atom. The van der Waals surface area contributed by atoms with E-state index in [9.17, 15) is 9.59 Å². The number of anilines is 2. The maximum atomic E-state index is 12.1. The Morgan fingerprint density at radius 1 is 1.09 bits per heavy atom. The smallest absolute Gasteiger partial charge is 0.255 e. The van der Waals surface area contributed by atoms with Crippen molar-refractivity contribution in [2.45, 2.75) is 13.3 Å². The number of aryl methyl sites for hydroxylation is 1. The molecule has 0 spiro atoms. The van der Waals surface area contributed by atoms with Gasteiger partial charge in [0.25, 0.3) is 5.91 Å². The normalized spacial score (nSPS) is 9.64. The molecule has 110 valence electrons. The van der Waals surface area contributed by atoms with Gasteiger partial charge in [-0.1, -0.05) is 18.2 Å². The van der Waals surface area contributed by atoms with E-state index in [4.69, 9.17) is 5.26 Å².